The van der Waals surface area contributed by atoms with Gasteiger partial charge in [0.25, 0.3) is 0 Å². The van der Waals surface area contributed by atoms with Crippen LogP contribution in [0.3, 0.4) is 0 Å². The van der Waals surface area contributed by atoms with Crippen molar-refractivity contribution in [3.63, 3.8) is 0 Å². The van der Waals surface area contributed by atoms with Gasteiger partial charge in [-0.1, -0.05) is 49.2 Å². The minimum atomic E-state index is -0.321. The summed E-state index contributed by atoms with van der Waals surface area (Å²) in [6, 6.07) is 10.8. The highest BCUT2D eigenvalue weighted by molar-refractivity contribution is 6.32. The largest absolute Gasteiger partial charge is 0.487 e. The summed E-state index contributed by atoms with van der Waals surface area (Å²) in [6.45, 7) is 3.96. The minimum absolute atomic E-state index is 0.164. The first kappa shape index (κ1) is 17.6. The Bertz CT molecular complexity index is 699. The summed E-state index contributed by atoms with van der Waals surface area (Å²) in [4.78, 5) is 11.5. The third kappa shape index (κ3) is 4.63. The second-order valence-electron chi connectivity index (χ2n) is 4.95. The molecule has 0 heterocycles. The van der Waals surface area contributed by atoms with Gasteiger partial charge in [0.2, 0.25) is 0 Å². The van der Waals surface area contributed by atoms with Crippen LogP contribution in [0, 0.1) is 0 Å². The number of hydrogen-bond donors (Lipinski definition) is 0. The summed E-state index contributed by atoms with van der Waals surface area (Å²) in [5.74, 6) is 0.654. The molecular weight excluding hydrogens is 335 g/mol. The summed E-state index contributed by atoms with van der Waals surface area (Å²) >= 11 is 12.4. The smallest absolute Gasteiger partial charge is 0.310 e. The number of benzene rings is 2. The standard InChI is InChI=1S/C18H18Cl2O3/c1-3-12-8-9-17(15(20)10-12)22-11-13-14(19)6-5-7-16(13)23-18(21)4-2/h5-10H,3-4,11H2,1-2H3. The second kappa shape index (κ2) is 8.23. The maximum atomic E-state index is 11.5. The first-order chi connectivity index (χ1) is 11.0. The molecule has 0 radical (unpaired) electrons. The van der Waals surface area contributed by atoms with Crippen LogP contribution < -0.4 is 9.47 Å². The lowest BCUT2D eigenvalue weighted by molar-refractivity contribution is -0.134. The minimum Gasteiger partial charge on any atom is -0.487 e. The first-order valence-corrected chi connectivity index (χ1v) is 8.20. The summed E-state index contributed by atoms with van der Waals surface area (Å²) in [7, 11) is 0. The van der Waals surface area contributed by atoms with Crippen molar-refractivity contribution in [2.45, 2.75) is 33.3 Å². The Morgan fingerprint density at radius 2 is 1.83 bits per heavy atom. The number of halogens is 2. The van der Waals surface area contributed by atoms with E-state index < -0.39 is 0 Å². The monoisotopic (exact) mass is 352 g/mol. The van der Waals surface area contributed by atoms with E-state index in [0.717, 1.165) is 12.0 Å². The Balaban J connectivity index is 2.18. The Labute approximate surface area is 146 Å². The molecule has 0 saturated carbocycles. The number of ether oxygens (including phenoxy) is 2. The number of esters is 1. The number of carbonyl (C=O) groups excluding carboxylic acids is 1. The van der Waals surface area contributed by atoms with Crippen LogP contribution in [-0.2, 0) is 17.8 Å². The van der Waals surface area contributed by atoms with Crippen molar-refractivity contribution in [2.24, 2.45) is 0 Å². The molecule has 2 aromatic carbocycles. The van der Waals surface area contributed by atoms with Crippen molar-refractivity contribution < 1.29 is 14.3 Å². The molecular formula is C18H18Cl2O3. The van der Waals surface area contributed by atoms with Crippen molar-refractivity contribution in [3.8, 4) is 11.5 Å². The molecule has 0 bridgehead atoms. The van der Waals surface area contributed by atoms with Gasteiger partial charge in [0.1, 0.15) is 18.1 Å². The van der Waals surface area contributed by atoms with Gasteiger partial charge in [0.15, 0.2) is 0 Å². The SMILES string of the molecule is CCC(=O)Oc1cccc(Cl)c1COc1ccc(CC)cc1Cl. The number of hydrogen-bond acceptors (Lipinski definition) is 3. The highest BCUT2D eigenvalue weighted by Gasteiger charge is 2.13. The van der Waals surface area contributed by atoms with Gasteiger partial charge in [0, 0.05) is 6.42 Å². The summed E-state index contributed by atoms with van der Waals surface area (Å²) < 4.78 is 11.0. The Morgan fingerprint density at radius 3 is 2.48 bits per heavy atom. The second-order valence-corrected chi connectivity index (χ2v) is 5.77. The van der Waals surface area contributed by atoms with E-state index in [0.29, 0.717) is 27.1 Å². The van der Waals surface area contributed by atoms with E-state index in [1.807, 2.05) is 18.2 Å². The van der Waals surface area contributed by atoms with E-state index in [2.05, 4.69) is 6.92 Å². The average Bonchev–Trinajstić information content (AvgIpc) is 2.55. The molecule has 0 spiro atoms. The highest BCUT2D eigenvalue weighted by atomic mass is 35.5. The molecule has 0 saturated heterocycles. The van der Waals surface area contributed by atoms with Gasteiger partial charge in [-0.25, -0.2) is 0 Å². The van der Waals surface area contributed by atoms with E-state index >= 15 is 0 Å². The van der Waals surface area contributed by atoms with Gasteiger partial charge in [-0.05, 0) is 36.2 Å². The van der Waals surface area contributed by atoms with Crippen LogP contribution in [0.2, 0.25) is 10.0 Å². The first-order valence-electron chi connectivity index (χ1n) is 7.44. The molecule has 0 aliphatic rings. The van der Waals surface area contributed by atoms with Crippen molar-refractivity contribution in [1.29, 1.82) is 0 Å². The molecule has 122 valence electrons. The fraction of sp³-hybridized carbons (Fsp3) is 0.278. The summed E-state index contributed by atoms with van der Waals surface area (Å²) in [5, 5.41) is 1.02. The zero-order valence-corrected chi connectivity index (χ0v) is 14.6. The third-order valence-electron chi connectivity index (χ3n) is 3.36. The number of aryl methyl sites for hydroxylation is 1. The molecule has 0 aromatic heterocycles. The van der Waals surface area contributed by atoms with E-state index in [-0.39, 0.29) is 19.0 Å². The maximum Gasteiger partial charge on any atom is 0.310 e. The molecule has 23 heavy (non-hydrogen) atoms. The van der Waals surface area contributed by atoms with E-state index in [1.165, 1.54) is 0 Å². The third-order valence-corrected chi connectivity index (χ3v) is 4.01. The normalized spacial score (nSPS) is 10.4. The van der Waals surface area contributed by atoms with Crippen LogP contribution in [0.4, 0.5) is 0 Å². The van der Waals surface area contributed by atoms with Gasteiger partial charge >= 0.3 is 5.97 Å². The summed E-state index contributed by atoms with van der Waals surface area (Å²) in [5.41, 5.74) is 1.75. The van der Waals surface area contributed by atoms with E-state index in [9.17, 15) is 4.79 Å². The van der Waals surface area contributed by atoms with E-state index in [1.54, 1.807) is 25.1 Å². The Kier molecular flexibility index (Phi) is 6.31. The quantitative estimate of drug-likeness (QED) is 0.512. The predicted molar refractivity (Wildman–Crippen MR) is 92.5 cm³/mol. The van der Waals surface area contributed by atoms with Gasteiger partial charge in [-0.15, -0.1) is 0 Å². The lowest BCUT2D eigenvalue weighted by Gasteiger charge is -2.13. The van der Waals surface area contributed by atoms with Crippen molar-refractivity contribution in [2.75, 3.05) is 0 Å². The van der Waals surface area contributed by atoms with Gasteiger partial charge in [-0.2, -0.15) is 0 Å². The molecule has 0 aliphatic heterocycles. The fourth-order valence-electron chi connectivity index (χ4n) is 2.00. The topological polar surface area (TPSA) is 35.5 Å². The van der Waals surface area contributed by atoms with Crippen molar-refractivity contribution in [3.05, 3.63) is 57.6 Å². The Morgan fingerprint density at radius 1 is 1.04 bits per heavy atom. The predicted octanol–water partition coefficient (Wildman–Crippen LogP) is 5.45. The van der Waals surface area contributed by atoms with Crippen LogP contribution >= 0.6 is 23.2 Å². The lowest BCUT2D eigenvalue weighted by atomic mass is 10.1. The van der Waals surface area contributed by atoms with Crippen LogP contribution in [0.5, 0.6) is 11.5 Å². The van der Waals surface area contributed by atoms with Gasteiger partial charge in [0.05, 0.1) is 15.6 Å². The molecule has 0 fully saturated rings. The van der Waals surface area contributed by atoms with Crippen molar-refractivity contribution in [1.82, 2.24) is 0 Å². The van der Waals surface area contributed by atoms with Crippen LogP contribution in [0.25, 0.3) is 0 Å². The molecule has 0 aliphatic carbocycles. The van der Waals surface area contributed by atoms with Crippen LogP contribution in [-0.4, -0.2) is 5.97 Å². The van der Waals surface area contributed by atoms with Gasteiger partial charge < -0.3 is 9.47 Å². The van der Waals surface area contributed by atoms with Crippen LogP contribution in [0.15, 0.2) is 36.4 Å². The molecule has 2 aromatic rings. The highest BCUT2D eigenvalue weighted by Crippen LogP contribution is 2.31. The van der Waals surface area contributed by atoms with Crippen molar-refractivity contribution >= 4 is 29.2 Å². The number of carbonyl (C=O) groups is 1. The molecule has 2 rings (SSSR count). The maximum absolute atomic E-state index is 11.5. The van der Waals surface area contributed by atoms with Gasteiger partial charge in [-0.3, -0.25) is 4.79 Å². The van der Waals surface area contributed by atoms with Crippen LogP contribution in [0.1, 0.15) is 31.4 Å². The molecule has 5 heteroatoms. The summed E-state index contributed by atoms with van der Waals surface area (Å²) in [6.07, 6.45) is 1.19. The molecule has 0 unspecified atom stereocenters. The molecule has 0 atom stereocenters. The lowest BCUT2D eigenvalue weighted by Crippen LogP contribution is -2.09. The zero-order valence-electron chi connectivity index (χ0n) is 13.1. The molecule has 0 amide bonds. The molecule has 0 N–H and O–H groups in total. The van der Waals surface area contributed by atoms with E-state index in [4.69, 9.17) is 32.7 Å². The average molecular weight is 353 g/mol. The zero-order chi connectivity index (χ0) is 16.8. The molecule has 3 nitrogen and oxygen atoms in total. The Hall–Kier alpha value is -1.71. The fourth-order valence-corrected chi connectivity index (χ4v) is 2.48. The number of rotatable bonds is 6.